The van der Waals surface area contributed by atoms with Crippen molar-refractivity contribution in [2.24, 2.45) is 0 Å². The van der Waals surface area contributed by atoms with Gasteiger partial charge in [-0.15, -0.1) is 0 Å². The van der Waals surface area contributed by atoms with E-state index < -0.39 is 17.6 Å². The van der Waals surface area contributed by atoms with Crippen LogP contribution in [0.25, 0.3) is 0 Å². The van der Waals surface area contributed by atoms with Crippen LogP contribution in [-0.2, 0) is 0 Å². The Kier molecular flexibility index (Phi) is 2.68. The molecule has 0 saturated heterocycles. The van der Waals surface area contributed by atoms with Crippen LogP contribution in [0, 0.1) is 11.6 Å². The largest absolute Gasteiger partial charge is 0.420 e. The number of carbonyl (C=O) groups is 1. The Morgan fingerprint density at radius 3 is 2.69 bits per heavy atom. The van der Waals surface area contributed by atoms with Gasteiger partial charge in [0.15, 0.2) is 11.6 Å². The number of aromatic nitrogens is 1. The van der Waals surface area contributed by atoms with E-state index in [2.05, 4.69) is 4.98 Å². The predicted molar refractivity (Wildman–Crippen MR) is 52.1 cm³/mol. The molecule has 0 unspecified atom stereocenters. The Labute approximate surface area is 89.7 Å². The van der Waals surface area contributed by atoms with E-state index in [0.717, 1.165) is 12.1 Å². The number of aromatic amines is 1. The molecule has 1 aromatic heterocycles. The summed E-state index contributed by atoms with van der Waals surface area (Å²) in [5, 5.41) is 0. The van der Waals surface area contributed by atoms with Crippen LogP contribution in [0.4, 0.5) is 8.78 Å². The second-order valence-corrected chi connectivity index (χ2v) is 3.06. The molecule has 0 aliphatic heterocycles. The summed E-state index contributed by atoms with van der Waals surface area (Å²) < 4.78 is 30.4. The van der Waals surface area contributed by atoms with E-state index in [4.69, 9.17) is 4.74 Å². The SMILES string of the molecule is O=C(Oc1ccc(F)cc1F)c1cc[nH]c1. The fourth-order valence-corrected chi connectivity index (χ4v) is 1.17. The van der Waals surface area contributed by atoms with Crippen molar-refractivity contribution in [3.05, 3.63) is 53.9 Å². The van der Waals surface area contributed by atoms with E-state index >= 15 is 0 Å². The van der Waals surface area contributed by atoms with E-state index in [9.17, 15) is 13.6 Å². The number of nitrogens with one attached hydrogen (secondary N) is 1. The summed E-state index contributed by atoms with van der Waals surface area (Å²) in [5.74, 6) is -2.64. The van der Waals surface area contributed by atoms with Gasteiger partial charge in [-0.2, -0.15) is 0 Å². The van der Waals surface area contributed by atoms with Crippen LogP contribution in [0.3, 0.4) is 0 Å². The normalized spacial score (nSPS) is 10.1. The molecule has 0 amide bonds. The molecule has 0 radical (unpaired) electrons. The molecule has 1 heterocycles. The average molecular weight is 223 g/mol. The summed E-state index contributed by atoms with van der Waals surface area (Å²) in [6, 6.07) is 4.22. The van der Waals surface area contributed by atoms with Crippen molar-refractivity contribution in [2.45, 2.75) is 0 Å². The first-order valence-corrected chi connectivity index (χ1v) is 4.47. The van der Waals surface area contributed by atoms with Crippen LogP contribution in [0.15, 0.2) is 36.7 Å². The third-order valence-corrected chi connectivity index (χ3v) is 1.93. The van der Waals surface area contributed by atoms with Crippen LogP contribution >= 0.6 is 0 Å². The summed E-state index contributed by atoms with van der Waals surface area (Å²) in [6.07, 6.45) is 2.96. The predicted octanol–water partition coefficient (Wildman–Crippen LogP) is 2.51. The number of halogens is 2. The van der Waals surface area contributed by atoms with E-state index in [-0.39, 0.29) is 11.3 Å². The van der Waals surface area contributed by atoms with Crippen molar-refractivity contribution < 1.29 is 18.3 Å². The van der Waals surface area contributed by atoms with Crippen molar-refractivity contribution in [3.8, 4) is 5.75 Å². The van der Waals surface area contributed by atoms with Gasteiger partial charge in [0.25, 0.3) is 0 Å². The lowest BCUT2D eigenvalue weighted by Gasteiger charge is -2.03. The van der Waals surface area contributed by atoms with Gasteiger partial charge in [-0.1, -0.05) is 0 Å². The highest BCUT2D eigenvalue weighted by molar-refractivity contribution is 5.90. The lowest BCUT2D eigenvalue weighted by molar-refractivity contribution is 0.0728. The first-order chi connectivity index (χ1) is 7.66. The third kappa shape index (κ3) is 2.08. The molecule has 0 spiro atoms. The number of rotatable bonds is 2. The minimum Gasteiger partial charge on any atom is -0.420 e. The highest BCUT2D eigenvalue weighted by Crippen LogP contribution is 2.18. The maximum Gasteiger partial charge on any atom is 0.345 e. The van der Waals surface area contributed by atoms with Gasteiger partial charge in [-0.05, 0) is 18.2 Å². The first kappa shape index (κ1) is 10.4. The first-order valence-electron chi connectivity index (χ1n) is 4.47. The summed E-state index contributed by atoms with van der Waals surface area (Å²) in [4.78, 5) is 14.1. The molecule has 0 aliphatic carbocycles. The van der Waals surface area contributed by atoms with Crippen LogP contribution in [0.2, 0.25) is 0 Å². The number of esters is 1. The maximum absolute atomic E-state index is 13.1. The zero-order valence-corrected chi connectivity index (χ0v) is 8.04. The summed E-state index contributed by atoms with van der Waals surface area (Å²) in [7, 11) is 0. The molecular formula is C11H7F2NO2. The van der Waals surface area contributed by atoms with Gasteiger partial charge in [-0.25, -0.2) is 13.6 Å². The molecule has 0 bridgehead atoms. The quantitative estimate of drug-likeness (QED) is 0.627. The molecule has 3 nitrogen and oxygen atoms in total. The zero-order chi connectivity index (χ0) is 11.5. The van der Waals surface area contributed by atoms with Crippen molar-refractivity contribution in [2.75, 3.05) is 0 Å². The lowest BCUT2D eigenvalue weighted by atomic mass is 10.3. The lowest BCUT2D eigenvalue weighted by Crippen LogP contribution is -2.08. The fraction of sp³-hybridized carbons (Fsp3) is 0. The Bertz CT molecular complexity index is 509. The summed E-state index contributed by atoms with van der Waals surface area (Å²) in [5.41, 5.74) is 0.267. The highest BCUT2D eigenvalue weighted by Gasteiger charge is 2.12. The number of carbonyl (C=O) groups excluding carboxylic acids is 1. The zero-order valence-electron chi connectivity index (χ0n) is 8.04. The van der Waals surface area contributed by atoms with Gasteiger partial charge in [0, 0.05) is 18.5 Å². The third-order valence-electron chi connectivity index (χ3n) is 1.93. The van der Waals surface area contributed by atoms with E-state index in [1.807, 2.05) is 0 Å². The standard InChI is InChI=1S/C11H7F2NO2/c12-8-1-2-10(9(13)5-8)16-11(15)7-3-4-14-6-7/h1-6,14H. The number of hydrogen-bond acceptors (Lipinski definition) is 2. The van der Waals surface area contributed by atoms with Crippen LogP contribution in [0.1, 0.15) is 10.4 Å². The molecule has 2 aromatic rings. The van der Waals surface area contributed by atoms with Crippen molar-refractivity contribution in [1.29, 1.82) is 0 Å². The summed E-state index contributed by atoms with van der Waals surface area (Å²) >= 11 is 0. The minimum absolute atomic E-state index is 0.267. The molecule has 5 heteroatoms. The smallest absolute Gasteiger partial charge is 0.345 e. The summed E-state index contributed by atoms with van der Waals surface area (Å²) in [6.45, 7) is 0. The van der Waals surface area contributed by atoms with Gasteiger partial charge in [0.1, 0.15) is 5.82 Å². The molecular weight excluding hydrogens is 216 g/mol. The van der Waals surface area contributed by atoms with Crippen LogP contribution < -0.4 is 4.74 Å². The maximum atomic E-state index is 13.1. The minimum atomic E-state index is -0.913. The van der Waals surface area contributed by atoms with Crippen LogP contribution in [-0.4, -0.2) is 11.0 Å². The molecule has 1 aromatic carbocycles. The Morgan fingerprint density at radius 1 is 1.25 bits per heavy atom. The van der Waals surface area contributed by atoms with E-state index in [1.165, 1.54) is 18.5 Å². The monoisotopic (exact) mass is 223 g/mol. The van der Waals surface area contributed by atoms with Crippen molar-refractivity contribution in [3.63, 3.8) is 0 Å². The van der Waals surface area contributed by atoms with Gasteiger partial charge in [0.05, 0.1) is 5.56 Å². The molecule has 0 saturated carbocycles. The Morgan fingerprint density at radius 2 is 2.06 bits per heavy atom. The van der Waals surface area contributed by atoms with Crippen molar-refractivity contribution in [1.82, 2.24) is 4.98 Å². The number of hydrogen-bond donors (Lipinski definition) is 1. The van der Waals surface area contributed by atoms with E-state index in [0.29, 0.717) is 6.07 Å². The Balaban J connectivity index is 2.18. The topological polar surface area (TPSA) is 42.1 Å². The van der Waals surface area contributed by atoms with Gasteiger partial charge < -0.3 is 9.72 Å². The molecule has 82 valence electrons. The molecule has 1 N–H and O–H groups in total. The number of ether oxygens (including phenoxy) is 1. The molecule has 0 fully saturated rings. The number of benzene rings is 1. The fourth-order valence-electron chi connectivity index (χ4n) is 1.17. The molecule has 2 rings (SSSR count). The molecule has 0 atom stereocenters. The van der Waals surface area contributed by atoms with E-state index in [1.54, 1.807) is 0 Å². The number of H-pyrrole nitrogens is 1. The Hall–Kier alpha value is -2.17. The highest BCUT2D eigenvalue weighted by atomic mass is 19.1. The second-order valence-electron chi connectivity index (χ2n) is 3.06. The second kappa shape index (κ2) is 4.14. The van der Waals surface area contributed by atoms with Crippen molar-refractivity contribution >= 4 is 5.97 Å². The molecule has 0 aliphatic rings. The van der Waals surface area contributed by atoms with Crippen LogP contribution in [0.5, 0.6) is 5.75 Å². The van der Waals surface area contributed by atoms with Gasteiger partial charge in [0.2, 0.25) is 0 Å². The molecule has 16 heavy (non-hydrogen) atoms. The average Bonchev–Trinajstić information content (AvgIpc) is 2.75. The van der Waals surface area contributed by atoms with Gasteiger partial charge >= 0.3 is 5.97 Å². The van der Waals surface area contributed by atoms with Gasteiger partial charge in [-0.3, -0.25) is 0 Å².